The monoisotopic (exact) mass is 269 g/mol. The van der Waals surface area contributed by atoms with Crippen LogP contribution in [0.1, 0.15) is 47.5 Å². The fraction of sp³-hybridized carbons (Fsp3) is 0.933. The first kappa shape index (κ1) is 16.4. The first-order valence-electron chi connectivity index (χ1n) is 7.65. The molecule has 1 amide bonds. The van der Waals surface area contributed by atoms with Gasteiger partial charge in [0.05, 0.1) is 12.2 Å². The van der Waals surface area contributed by atoms with Crippen molar-refractivity contribution in [1.29, 1.82) is 0 Å². The Labute approximate surface area is 118 Å². The molecular formula is C15H31N3O. The Bertz CT molecular complexity index is 293. The predicted molar refractivity (Wildman–Crippen MR) is 79.9 cm³/mol. The normalized spacial score (nSPS) is 25.7. The van der Waals surface area contributed by atoms with Gasteiger partial charge < -0.3 is 9.80 Å². The van der Waals surface area contributed by atoms with Gasteiger partial charge in [-0.2, -0.15) is 0 Å². The Balaban J connectivity index is 2.44. The third kappa shape index (κ3) is 4.18. The zero-order valence-corrected chi connectivity index (χ0v) is 13.4. The lowest BCUT2D eigenvalue weighted by molar-refractivity contribution is -0.130. The summed E-state index contributed by atoms with van der Waals surface area (Å²) in [6.07, 6.45) is 2.26. The summed E-state index contributed by atoms with van der Waals surface area (Å²) in [7, 11) is 2.14. The van der Waals surface area contributed by atoms with E-state index in [0.717, 1.165) is 25.9 Å². The van der Waals surface area contributed by atoms with Gasteiger partial charge in [0.25, 0.3) is 0 Å². The van der Waals surface area contributed by atoms with Gasteiger partial charge in [-0.3, -0.25) is 10.1 Å². The standard InChI is InChI=1S/C15H31N3O/c1-7-12(4)14-15(19)18(13(5)16-14)10-8-9-17(6)11(2)3/h11-14,16H,7-10H2,1-6H3. The minimum atomic E-state index is 0.0165. The Morgan fingerprint density at radius 1 is 1.37 bits per heavy atom. The summed E-state index contributed by atoms with van der Waals surface area (Å²) in [6, 6.07) is 0.584. The molecule has 3 atom stereocenters. The van der Waals surface area contributed by atoms with Gasteiger partial charge in [-0.1, -0.05) is 20.3 Å². The molecule has 4 heteroatoms. The van der Waals surface area contributed by atoms with Gasteiger partial charge in [0.15, 0.2) is 0 Å². The summed E-state index contributed by atoms with van der Waals surface area (Å²) < 4.78 is 0. The van der Waals surface area contributed by atoms with E-state index in [1.807, 2.05) is 4.90 Å². The van der Waals surface area contributed by atoms with E-state index in [-0.39, 0.29) is 18.1 Å². The van der Waals surface area contributed by atoms with E-state index in [1.54, 1.807) is 0 Å². The molecule has 0 aromatic rings. The van der Waals surface area contributed by atoms with E-state index in [1.165, 1.54) is 0 Å². The number of amides is 1. The topological polar surface area (TPSA) is 35.6 Å². The number of rotatable bonds is 7. The maximum Gasteiger partial charge on any atom is 0.241 e. The van der Waals surface area contributed by atoms with E-state index in [0.29, 0.717) is 12.0 Å². The van der Waals surface area contributed by atoms with Crippen molar-refractivity contribution in [1.82, 2.24) is 15.1 Å². The van der Waals surface area contributed by atoms with Crippen LogP contribution in [0.3, 0.4) is 0 Å². The summed E-state index contributed by atoms with van der Waals surface area (Å²) in [6.45, 7) is 12.7. The minimum Gasteiger partial charge on any atom is -0.326 e. The van der Waals surface area contributed by atoms with Gasteiger partial charge in [0, 0.05) is 12.6 Å². The number of nitrogens with one attached hydrogen (secondary N) is 1. The quantitative estimate of drug-likeness (QED) is 0.767. The maximum absolute atomic E-state index is 12.4. The molecule has 1 rings (SSSR count). The highest BCUT2D eigenvalue weighted by molar-refractivity contribution is 5.84. The molecule has 0 aromatic carbocycles. The van der Waals surface area contributed by atoms with Crippen LogP contribution in [0.5, 0.6) is 0 Å². The second-order valence-corrected chi connectivity index (χ2v) is 6.17. The molecule has 1 N–H and O–H groups in total. The number of hydrogen-bond acceptors (Lipinski definition) is 3. The van der Waals surface area contributed by atoms with Crippen molar-refractivity contribution < 1.29 is 4.79 Å². The highest BCUT2D eigenvalue weighted by atomic mass is 16.2. The van der Waals surface area contributed by atoms with Gasteiger partial charge in [0.1, 0.15) is 0 Å². The van der Waals surface area contributed by atoms with Crippen molar-refractivity contribution in [2.75, 3.05) is 20.1 Å². The molecule has 0 radical (unpaired) electrons. The van der Waals surface area contributed by atoms with Crippen LogP contribution in [-0.2, 0) is 4.79 Å². The Morgan fingerprint density at radius 2 is 2.00 bits per heavy atom. The van der Waals surface area contributed by atoms with Gasteiger partial charge in [0.2, 0.25) is 5.91 Å². The number of nitrogens with zero attached hydrogens (tertiary/aromatic N) is 2. The van der Waals surface area contributed by atoms with Crippen molar-refractivity contribution in [3.63, 3.8) is 0 Å². The largest absolute Gasteiger partial charge is 0.326 e. The first-order chi connectivity index (χ1) is 8.88. The molecule has 0 aromatic heterocycles. The van der Waals surface area contributed by atoms with E-state index in [4.69, 9.17) is 0 Å². The van der Waals surface area contributed by atoms with Crippen molar-refractivity contribution in [3.8, 4) is 0 Å². The zero-order valence-electron chi connectivity index (χ0n) is 13.4. The number of hydrogen-bond donors (Lipinski definition) is 1. The molecule has 0 saturated carbocycles. The summed E-state index contributed by atoms with van der Waals surface area (Å²) >= 11 is 0. The molecule has 112 valence electrons. The minimum absolute atomic E-state index is 0.0165. The Kier molecular flexibility index (Phi) is 6.27. The van der Waals surface area contributed by atoms with Crippen molar-refractivity contribution in [2.24, 2.45) is 5.92 Å². The summed E-state index contributed by atoms with van der Waals surface area (Å²) in [5.74, 6) is 0.701. The molecule has 4 nitrogen and oxygen atoms in total. The van der Waals surface area contributed by atoms with Crippen LogP contribution in [0.4, 0.5) is 0 Å². The third-order valence-corrected chi connectivity index (χ3v) is 4.44. The maximum atomic E-state index is 12.4. The van der Waals surface area contributed by atoms with Gasteiger partial charge >= 0.3 is 0 Å². The van der Waals surface area contributed by atoms with Crippen LogP contribution in [-0.4, -0.2) is 54.1 Å². The molecule has 1 heterocycles. The van der Waals surface area contributed by atoms with Crippen LogP contribution in [0.25, 0.3) is 0 Å². The fourth-order valence-electron chi connectivity index (χ4n) is 2.49. The van der Waals surface area contributed by atoms with Crippen molar-refractivity contribution >= 4 is 5.91 Å². The van der Waals surface area contributed by atoms with Crippen LogP contribution in [0.2, 0.25) is 0 Å². The first-order valence-corrected chi connectivity index (χ1v) is 7.65. The molecule has 1 fully saturated rings. The highest BCUT2D eigenvalue weighted by Gasteiger charge is 2.38. The van der Waals surface area contributed by atoms with Crippen LogP contribution in [0, 0.1) is 5.92 Å². The molecule has 0 aliphatic carbocycles. The predicted octanol–water partition coefficient (Wildman–Crippen LogP) is 1.91. The smallest absolute Gasteiger partial charge is 0.241 e. The van der Waals surface area contributed by atoms with E-state index in [2.05, 4.69) is 51.9 Å². The van der Waals surface area contributed by atoms with Gasteiger partial charge in [-0.25, -0.2) is 0 Å². The molecule has 3 unspecified atom stereocenters. The second kappa shape index (κ2) is 7.25. The van der Waals surface area contributed by atoms with E-state index < -0.39 is 0 Å². The molecule has 1 aliphatic rings. The average molecular weight is 269 g/mol. The van der Waals surface area contributed by atoms with Gasteiger partial charge in [-0.15, -0.1) is 0 Å². The summed E-state index contributed by atoms with van der Waals surface area (Å²) in [5.41, 5.74) is 0. The SMILES string of the molecule is CCC(C)C1NC(C)N(CCCN(C)C(C)C)C1=O. The fourth-order valence-corrected chi connectivity index (χ4v) is 2.49. The van der Waals surface area contributed by atoms with Crippen LogP contribution in [0.15, 0.2) is 0 Å². The lowest BCUT2D eigenvalue weighted by atomic mass is 9.99. The lowest BCUT2D eigenvalue weighted by Gasteiger charge is -2.25. The average Bonchev–Trinajstić information content (AvgIpc) is 2.65. The summed E-state index contributed by atoms with van der Waals surface area (Å²) in [4.78, 5) is 16.7. The lowest BCUT2D eigenvalue weighted by Crippen LogP contribution is -2.37. The molecule has 1 saturated heterocycles. The van der Waals surface area contributed by atoms with E-state index in [9.17, 15) is 4.79 Å². The van der Waals surface area contributed by atoms with Crippen LogP contribution >= 0.6 is 0 Å². The summed E-state index contributed by atoms with van der Waals surface area (Å²) in [5, 5.41) is 3.43. The van der Waals surface area contributed by atoms with Gasteiger partial charge in [-0.05, 0) is 46.7 Å². The van der Waals surface area contributed by atoms with Crippen LogP contribution < -0.4 is 5.32 Å². The Hall–Kier alpha value is -0.610. The molecule has 0 spiro atoms. The molecular weight excluding hydrogens is 238 g/mol. The number of carbonyl (C=O) groups is 1. The number of carbonyl (C=O) groups excluding carboxylic acids is 1. The second-order valence-electron chi connectivity index (χ2n) is 6.17. The zero-order chi connectivity index (χ0) is 14.6. The molecule has 1 aliphatic heterocycles. The van der Waals surface area contributed by atoms with Crippen molar-refractivity contribution in [2.45, 2.75) is 65.7 Å². The molecule has 19 heavy (non-hydrogen) atoms. The Morgan fingerprint density at radius 3 is 2.53 bits per heavy atom. The highest BCUT2D eigenvalue weighted by Crippen LogP contribution is 2.19. The third-order valence-electron chi connectivity index (χ3n) is 4.44. The molecule has 0 bridgehead atoms. The van der Waals surface area contributed by atoms with E-state index >= 15 is 0 Å². The van der Waals surface area contributed by atoms with Crippen molar-refractivity contribution in [3.05, 3.63) is 0 Å².